The largest absolute Gasteiger partial charge is 0.376 e. The average Bonchev–Trinajstić information content (AvgIpc) is 3.31. The van der Waals surface area contributed by atoms with Crippen LogP contribution in [0.3, 0.4) is 0 Å². The SMILES string of the molecule is CC(NC(=O)c1ccc2nn(-c3cccnc3)cc2c1)C1CCCO1. The van der Waals surface area contributed by atoms with Gasteiger partial charge in [-0.3, -0.25) is 9.78 Å². The number of hydrogen-bond donors (Lipinski definition) is 1. The first kappa shape index (κ1) is 15.8. The van der Waals surface area contributed by atoms with Gasteiger partial charge in [0.05, 0.1) is 29.5 Å². The molecular formula is C19H20N4O2. The second-order valence-electron chi connectivity index (χ2n) is 6.37. The van der Waals surface area contributed by atoms with E-state index in [1.807, 2.05) is 37.4 Å². The number of ether oxygens (including phenoxy) is 1. The van der Waals surface area contributed by atoms with Gasteiger partial charge < -0.3 is 10.1 Å². The molecule has 2 unspecified atom stereocenters. The van der Waals surface area contributed by atoms with Crippen molar-refractivity contribution < 1.29 is 9.53 Å². The third-order valence-corrected chi connectivity index (χ3v) is 4.56. The minimum Gasteiger partial charge on any atom is -0.376 e. The summed E-state index contributed by atoms with van der Waals surface area (Å²) in [6.45, 7) is 2.78. The molecule has 0 radical (unpaired) electrons. The minimum atomic E-state index is -0.0842. The predicted octanol–water partition coefficient (Wildman–Crippen LogP) is 2.72. The Hall–Kier alpha value is -2.73. The van der Waals surface area contributed by atoms with Crippen LogP contribution in [-0.2, 0) is 4.74 Å². The zero-order chi connectivity index (χ0) is 17.2. The summed E-state index contributed by atoms with van der Waals surface area (Å²) in [5.74, 6) is -0.0842. The van der Waals surface area contributed by atoms with Crippen molar-refractivity contribution in [1.82, 2.24) is 20.1 Å². The molecule has 3 aromatic rings. The van der Waals surface area contributed by atoms with Gasteiger partial charge in [-0.2, -0.15) is 5.10 Å². The average molecular weight is 336 g/mol. The van der Waals surface area contributed by atoms with E-state index in [4.69, 9.17) is 4.74 Å². The van der Waals surface area contributed by atoms with Gasteiger partial charge in [0.15, 0.2) is 0 Å². The predicted molar refractivity (Wildman–Crippen MR) is 94.8 cm³/mol. The molecule has 1 amide bonds. The Bertz CT molecular complexity index is 885. The van der Waals surface area contributed by atoms with E-state index in [9.17, 15) is 4.79 Å². The lowest BCUT2D eigenvalue weighted by atomic mass is 10.1. The number of hydrogen-bond acceptors (Lipinski definition) is 4. The molecule has 0 aliphatic carbocycles. The lowest BCUT2D eigenvalue weighted by Crippen LogP contribution is -2.40. The van der Waals surface area contributed by atoms with Crippen LogP contribution in [0.5, 0.6) is 0 Å². The zero-order valence-corrected chi connectivity index (χ0v) is 14.1. The van der Waals surface area contributed by atoms with Gasteiger partial charge in [0, 0.05) is 30.0 Å². The Labute approximate surface area is 145 Å². The normalized spacial score (nSPS) is 18.4. The molecule has 1 aliphatic rings. The third-order valence-electron chi connectivity index (χ3n) is 4.56. The molecule has 4 rings (SSSR count). The van der Waals surface area contributed by atoms with Crippen LogP contribution in [0.4, 0.5) is 0 Å². The van der Waals surface area contributed by atoms with Crippen LogP contribution in [0.25, 0.3) is 16.6 Å². The summed E-state index contributed by atoms with van der Waals surface area (Å²) in [6, 6.07) is 9.35. The number of pyridine rings is 1. The highest BCUT2D eigenvalue weighted by Gasteiger charge is 2.24. The van der Waals surface area contributed by atoms with Crippen molar-refractivity contribution >= 4 is 16.8 Å². The molecule has 1 N–H and O–H groups in total. The number of benzene rings is 1. The van der Waals surface area contributed by atoms with Crippen molar-refractivity contribution in [2.75, 3.05) is 6.61 Å². The van der Waals surface area contributed by atoms with Crippen molar-refractivity contribution in [2.45, 2.75) is 31.9 Å². The second kappa shape index (κ2) is 6.64. The van der Waals surface area contributed by atoms with E-state index in [2.05, 4.69) is 15.4 Å². The first-order valence-corrected chi connectivity index (χ1v) is 8.53. The fraction of sp³-hybridized carbons (Fsp3) is 0.316. The first-order chi connectivity index (χ1) is 12.2. The molecule has 25 heavy (non-hydrogen) atoms. The molecule has 0 bridgehead atoms. The fourth-order valence-electron chi connectivity index (χ4n) is 3.17. The molecule has 1 fully saturated rings. The molecule has 2 atom stereocenters. The fourth-order valence-corrected chi connectivity index (χ4v) is 3.17. The highest BCUT2D eigenvalue weighted by molar-refractivity contribution is 5.98. The molecule has 1 aliphatic heterocycles. The van der Waals surface area contributed by atoms with Gasteiger partial charge >= 0.3 is 0 Å². The van der Waals surface area contributed by atoms with Gasteiger partial charge in [0.25, 0.3) is 5.91 Å². The summed E-state index contributed by atoms with van der Waals surface area (Å²) in [5.41, 5.74) is 2.35. The Balaban J connectivity index is 1.55. The van der Waals surface area contributed by atoms with E-state index in [1.54, 1.807) is 23.1 Å². The molecule has 128 valence electrons. The Kier molecular flexibility index (Phi) is 4.19. The smallest absolute Gasteiger partial charge is 0.251 e. The number of aromatic nitrogens is 3. The molecule has 6 heteroatoms. The van der Waals surface area contributed by atoms with Crippen LogP contribution in [0.2, 0.25) is 0 Å². The second-order valence-corrected chi connectivity index (χ2v) is 6.37. The standard InChI is InChI=1S/C19H20N4O2/c1-13(18-5-3-9-25-18)21-19(24)14-6-7-17-15(10-14)12-23(22-17)16-4-2-8-20-11-16/h2,4,6-8,10-13,18H,3,5,9H2,1H3,(H,21,24). The number of rotatable bonds is 4. The maximum absolute atomic E-state index is 12.5. The molecule has 1 aromatic carbocycles. The molecule has 6 nitrogen and oxygen atoms in total. The van der Waals surface area contributed by atoms with Crippen LogP contribution in [-0.4, -0.2) is 39.4 Å². The number of carbonyl (C=O) groups excluding carboxylic acids is 1. The molecule has 2 aromatic heterocycles. The van der Waals surface area contributed by atoms with Crippen molar-refractivity contribution in [3.8, 4) is 5.69 Å². The van der Waals surface area contributed by atoms with Gasteiger partial charge in [-0.05, 0) is 50.1 Å². The van der Waals surface area contributed by atoms with Crippen LogP contribution in [0.1, 0.15) is 30.1 Å². The zero-order valence-electron chi connectivity index (χ0n) is 14.1. The number of nitrogens with zero attached hydrogens (tertiary/aromatic N) is 3. The molecule has 0 saturated carbocycles. The van der Waals surface area contributed by atoms with Crippen LogP contribution in [0, 0.1) is 0 Å². The van der Waals surface area contributed by atoms with E-state index < -0.39 is 0 Å². The van der Waals surface area contributed by atoms with Crippen molar-refractivity contribution in [2.24, 2.45) is 0 Å². The van der Waals surface area contributed by atoms with Crippen molar-refractivity contribution in [1.29, 1.82) is 0 Å². The lowest BCUT2D eigenvalue weighted by Gasteiger charge is -2.19. The summed E-state index contributed by atoms with van der Waals surface area (Å²) in [7, 11) is 0. The summed E-state index contributed by atoms with van der Waals surface area (Å²) in [6.07, 6.45) is 7.56. The molecule has 3 heterocycles. The topological polar surface area (TPSA) is 69.0 Å². The van der Waals surface area contributed by atoms with Crippen LogP contribution >= 0.6 is 0 Å². The maximum atomic E-state index is 12.5. The molecule has 0 spiro atoms. The van der Waals surface area contributed by atoms with E-state index in [0.29, 0.717) is 5.56 Å². The van der Waals surface area contributed by atoms with Gasteiger partial charge in [-0.1, -0.05) is 0 Å². The Morgan fingerprint density at radius 3 is 3.08 bits per heavy atom. The van der Waals surface area contributed by atoms with Gasteiger partial charge in [-0.15, -0.1) is 0 Å². The van der Waals surface area contributed by atoms with E-state index in [-0.39, 0.29) is 18.1 Å². The van der Waals surface area contributed by atoms with Gasteiger partial charge in [0.2, 0.25) is 0 Å². The number of amides is 1. The van der Waals surface area contributed by atoms with E-state index >= 15 is 0 Å². The number of nitrogens with one attached hydrogen (secondary N) is 1. The van der Waals surface area contributed by atoms with Crippen molar-refractivity contribution in [3.05, 3.63) is 54.5 Å². The van der Waals surface area contributed by atoms with Gasteiger partial charge in [0.1, 0.15) is 0 Å². The Morgan fingerprint density at radius 1 is 1.40 bits per heavy atom. The van der Waals surface area contributed by atoms with Crippen LogP contribution < -0.4 is 5.32 Å². The maximum Gasteiger partial charge on any atom is 0.251 e. The van der Waals surface area contributed by atoms with Crippen molar-refractivity contribution in [3.63, 3.8) is 0 Å². The molecular weight excluding hydrogens is 316 g/mol. The molecule has 1 saturated heterocycles. The number of fused-ring (bicyclic) bond motifs is 1. The summed E-state index contributed by atoms with van der Waals surface area (Å²) >= 11 is 0. The third kappa shape index (κ3) is 3.25. The summed E-state index contributed by atoms with van der Waals surface area (Å²) < 4.78 is 7.41. The quantitative estimate of drug-likeness (QED) is 0.795. The van der Waals surface area contributed by atoms with Gasteiger partial charge in [-0.25, -0.2) is 4.68 Å². The highest BCUT2D eigenvalue weighted by Crippen LogP contribution is 2.19. The lowest BCUT2D eigenvalue weighted by molar-refractivity contribution is 0.0712. The monoisotopic (exact) mass is 336 g/mol. The summed E-state index contributed by atoms with van der Waals surface area (Å²) in [4.78, 5) is 16.6. The van der Waals surface area contributed by atoms with E-state index in [1.165, 1.54) is 0 Å². The van der Waals surface area contributed by atoms with E-state index in [0.717, 1.165) is 36.0 Å². The Morgan fingerprint density at radius 2 is 2.32 bits per heavy atom. The number of carbonyl (C=O) groups is 1. The highest BCUT2D eigenvalue weighted by atomic mass is 16.5. The minimum absolute atomic E-state index is 0.00353. The summed E-state index contributed by atoms with van der Waals surface area (Å²) in [5, 5.41) is 8.49. The first-order valence-electron chi connectivity index (χ1n) is 8.53. The van der Waals surface area contributed by atoms with Crippen LogP contribution in [0.15, 0.2) is 48.9 Å².